The van der Waals surface area contributed by atoms with E-state index in [9.17, 15) is 4.79 Å². The SMILES string of the molecule is CC(C1CC1)N(C)C(=O)Cc1ccc(C(N)=S)cc1. The van der Waals surface area contributed by atoms with Crippen LogP contribution in [0.1, 0.15) is 30.9 Å². The summed E-state index contributed by atoms with van der Waals surface area (Å²) in [6.45, 7) is 2.13. The third-order valence-electron chi connectivity index (χ3n) is 3.90. The van der Waals surface area contributed by atoms with Crippen LogP contribution in [0.25, 0.3) is 0 Å². The van der Waals surface area contributed by atoms with E-state index in [4.69, 9.17) is 18.0 Å². The van der Waals surface area contributed by atoms with Crippen LogP contribution in [0.2, 0.25) is 0 Å². The molecule has 19 heavy (non-hydrogen) atoms. The molecule has 0 saturated heterocycles. The van der Waals surface area contributed by atoms with Gasteiger partial charge in [-0.2, -0.15) is 0 Å². The highest BCUT2D eigenvalue weighted by atomic mass is 32.1. The molecule has 1 aliphatic carbocycles. The summed E-state index contributed by atoms with van der Waals surface area (Å²) in [6.07, 6.45) is 2.94. The maximum absolute atomic E-state index is 12.2. The third kappa shape index (κ3) is 3.53. The molecule has 1 fully saturated rings. The van der Waals surface area contributed by atoms with Gasteiger partial charge in [0.15, 0.2) is 0 Å². The number of carbonyl (C=O) groups excluding carboxylic acids is 1. The van der Waals surface area contributed by atoms with Crippen molar-refractivity contribution >= 4 is 23.1 Å². The maximum Gasteiger partial charge on any atom is 0.226 e. The zero-order valence-corrected chi connectivity index (χ0v) is 12.2. The molecule has 0 bridgehead atoms. The second-order valence-corrected chi connectivity index (χ2v) is 5.76. The summed E-state index contributed by atoms with van der Waals surface area (Å²) in [5.41, 5.74) is 7.39. The zero-order chi connectivity index (χ0) is 14.0. The Hall–Kier alpha value is -1.42. The minimum absolute atomic E-state index is 0.169. The molecule has 1 aliphatic rings. The molecule has 0 aromatic heterocycles. The number of nitrogens with two attached hydrogens (primary N) is 1. The Bertz CT molecular complexity index is 479. The average molecular weight is 276 g/mol. The quantitative estimate of drug-likeness (QED) is 0.838. The normalized spacial score (nSPS) is 15.9. The van der Waals surface area contributed by atoms with Gasteiger partial charge < -0.3 is 10.6 Å². The molecule has 3 nitrogen and oxygen atoms in total. The molecule has 2 N–H and O–H groups in total. The zero-order valence-electron chi connectivity index (χ0n) is 11.4. The molecular weight excluding hydrogens is 256 g/mol. The Morgan fingerprint density at radius 1 is 1.42 bits per heavy atom. The lowest BCUT2D eigenvalue weighted by atomic mass is 10.1. The molecule has 1 aromatic rings. The van der Waals surface area contributed by atoms with E-state index in [1.807, 2.05) is 36.2 Å². The molecule has 0 heterocycles. The van der Waals surface area contributed by atoms with Gasteiger partial charge in [-0.05, 0) is 31.2 Å². The van der Waals surface area contributed by atoms with E-state index < -0.39 is 0 Å². The van der Waals surface area contributed by atoms with Crippen LogP contribution in [-0.4, -0.2) is 28.9 Å². The van der Waals surface area contributed by atoms with Crippen molar-refractivity contribution < 1.29 is 4.79 Å². The highest BCUT2D eigenvalue weighted by Crippen LogP contribution is 2.34. The molecule has 4 heteroatoms. The highest BCUT2D eigenvalue weighted by molar-refractivity contribution is 7.80. The largest absolute Gasteiger partial charge is 0.389 e. The molecule has 1 saturated carbocycles. The summed E-state index contributed by atoms with van der Waals surface area (Å²) in [4.78, 5) is 14.4. The maximum atomic E-state index is 12.2. The van der Waals surface area contributed by atoms with Crippen LogP contribution in [0.3, 0.4) is 0 Å². The van der Waals surface area contributed by atoms with Gasteiger partial charge in [-0.3, -0.25) is 4.79 Å². The molecule has 0 radical (unpaired) electrons. The summed E-state index contributed by atoms with van der Waals surface area (Å²) < 4.78 is 0. The standard InChI is InChI=1S/C15H20N2OS/c1-10(12-7-8-12)17(2)14(18)9-11-3-5-13(6-4-11)15(16)19/h3-6,10,12H,7-9H2,1-2H3,(H2,16,19). The van der Waals surface area contributed by atoms with E-state index in [0.717, 1.165) is 11.1 Å². The molecule has 0 spiro atoms. The van der Waals surface area contributed by atoms with Gasteiger partial charge in [0.2, 0.25) is 5.91 Å². The number of thiocarbonyl (C=S) groups is 1. The molecule has 1 aromatic carbocycles. The van der Waals surface area contributed by atoms with E-state index in [0.29, 0.717) is 23.4 Å². The van der Waals surface area contributed by atoms with Crippen molar-refractivity contribution in [1.29, 1.82) is 0 Å². The first-order chi connectivity index (χ1) is 8.99. The first-order valence-electron chi connectivity index (χ1n) is 6.63. The molecule has 2 rings (SSSR count). The lowest BCUT2D eigenvalue weighted by molar-refractivity contribution is -0.131. The number of nitrogens with zero attached hydrogens (tertiary/aromatic N) is 1. The molecule has 1 amide bonds. The van der Waals surface area contributed by atoms with E-state index in [-0.39, 0.29) is 5.91 Å². The first-order valence-corrected chi connectivity index (χ1v) is 7.04. The Morgan fingerprint density at radius 2 is 2.00 bits per heavy atom. The summed E-state index contributed by atoms with van der Waals surface area (Å²) in [5.74, 6) is 0.869. The van der Waals surface area contributed by atoms with Gasteiger partial charge in [0.1, 0.15) is 4.99 Å². The van der Waals surface area contributed by atoms with Crippen molar-refractivity contribution in [3.63, 3.8) is 0 Å². The fraction of sp³-hybridized carbons (Fsp3) is 0.467. The van der Waals surface area contributed by atoms with Crippen molar-refractivity contribution in [1.82, 2.24) is 4.90 Å². The number of likely N-dealkylation sites (N-methyl/N-ethyl adjacent to an activating group) is 1. The Balaban J connectivity index is 1.96. The predicted molar refractivity (Wildman–Crippen MR) is 81.0 cm³/mol. The Morgan fingerprint density at radius 3 is 2.47 bits per heavy atom. The van der Waals surface area contributed by atoms with Gasteiger partial charge in [0.25, 0.3) is 0 Å². The summed E-state index contributed by atoms with van der Waals surface area (Å²) in [7, 11) is 1.90. The lowest BCUT2D eigenvalue weighted by Crippen LogP contribution is -2.37. The van der Waals surface area contributed by atoms with Gasteiger partial charge in [-0.25, -0.2) is 0 Å². The number of hydrogen-bond donors (Lipinski definition) is 1. The Labute approximate surface area is 119 Å². The third-order valence-corrected chi connectivity index (χ3v) is 4.14. The van der Waals surface area contributed by atoms with Gasteiger partial charge in [-0.1, -0.05) is 36.5 Å². The van der Waals surface area contributed by atoms with Crippen LogP contribution in [0.4, 0.5) is 0 Å². The topological polar surface area (TPSA) is 46.3 Å². The van der Waals surface area contributed by atoms with Crippen LogP contribution in [0.5, 0.6) is 0 Å². The number of rotatable bonds is 5. The van der Waals surface area contributed by atoms with E-state index in [1.165, 1.54) is 12.8 Å². The molecule has 0 aliphatic heterocycles. The van der Waals surface area contributed by atoms with Crippen molar-refractivity contribution in [2.24, 2.45) is 11.7 Å². The van der Waals surface area contributed by atoms with Crippen LogP contribution >= 0.6 is 12.2 Å². The second kappa shape index (κ2) is 5.70. The number of amides is 1. The summed E-state index contributed by atoms with van der Waals surface area (Å²) in [6, 6.07) is 7.93. The summed E-state index contributed by atoms with van der Waals surface area (Å²) in [5, 5.41) is 0. The minimum atomic E-state index is 0.169. The van der Waals surface area contributed by atoms with Crippen LogP contribution < -0.4 is 5.73 Å². The smallest absolute Gasteiger partial charge is 0.226 e. The van der Waals surface area contributed by atoms with Gasteiger partial charge >= 0.3 is 0 Å². The molecular formula is C15H20N2OS. The van der Waals surface area contributed by atoms with E-state index in [2.05, 4.69) is 6.92 Å². The number of hydrogen-bond acceptors (Lipinski definition) is 2. The fourth-order valence-electron chi connectivity index (χ4n) is 2.21. The number of benzene rings is 1. The fourth-order valence-corrected chi connectivity index (χ4v) is 2.34. The van der Waals surface area contributed by atoms with Crippen molar-refractivity contribution in [2.45, 2.75) is 32.2 Å². The van der Waals surface area contributed by atoms with Gasteiger partial charge in [-0.15, -0.1) is 0 Å². The Kier molecular flexibility index (Phi) is 4.20. The van der Waals surface area contributed by atoms with E-state index >= 15 is 0 Å². The van der Waals surface area contributed by atoms with E-state index in [1.54, 1.807) is 0 Å². The second-order valence-electron chi connectivity index (χ2n) is 5.32. The first kappa shape index (κ1) is 14.0. The van der Waals surface area contributed by atoms with Crippen molar-refractivity contribution in [3.8, 4) is 0 Å². The predicted octanol–water partition coefficient (Wildman–Crippen LogP) is 2.12. The molecule has 1 atom stereocenters. The summed E-state index contributed by atoms with van der Waals surface area (Å²) >= 11 is 4.91. The molecule has 102 valence electrons. The van der Waals surface area contributed by atoms with Crippen LogP contribution in [0.15, 0.2) is 24.3 Å². The molecule has 1 unspecified atom stereocenters. The van der Waals surface area contributed by atoms with Crippen molar-refractivity contribution in [3.05, 3.63) is 35.4 Å². The minimum Gasteiger partial charge on any atom is -0.389 e. The van der Waals surface area contributed by atoms with Crippen LogP contribution in [-0.2, 0) is 11.2 Å². The van der Waals surface area contributed by atoms with Gasteiger partial charge in [0, 0.05) is 18.7 Å². The van der Waals surface area contributed by atoms with Crippen LogP contribution in [0, 0.1) is 5.92 Å². The van der Waals surface area contributed by atoms with Gasteiger partial charge in [0.05, 0.1) is 6.42 Å². The monoisotopic (exact) mass is 276 g/mol. The highest BCUT2D eigenvalue weighted by Gasteiger charge is 2.32. The lowest BCUT2D eigenvalue weighted by Gasteiger charge is -2.25. The average Bonchev–Trinajstić information content (AvgIpc) is 3.21. The number of carbonyl (C=O) groups is 1. The van der Waals surface area contributed by atoms with Crippen molar-refractivity contribution in [2.75, 3.05) is 7.05 Å².